The smallest absolute Gasteiger partial charge is 0.0502 e. The molecule has 0 bridgehead atoms. The molecule has 0 radical (unpaired) electrons. The fourth-order valence-corrected chi connectivity index (χ4v) is 4.42. The Hall–Kier alpha value is 0.660. The lowest BCUT2D eigenvalue weighted by Crippen LogP contribution is -2.01. The van der Waals surface area contributed by atoms with E-state index >= 15 is 0 Å². The van der Waals surface area contributed by atoms with Crippen LogP contribution in [0.1, 0.15) is 58.8 Å². The van der Waals surface area contributed by atoms with Gasteiger partial charge in [0.15, 0.2) is 0 Å². The fourth-order valence-electron chi connectivity index (χ4n) is 1.36. The molecule has 0 aromatic carbocycles. The molecule has 0 amide bonds. The van der Waals surface area contributed by atoms with Crippen molar-refractivity contribution >= 4 is 23.5 Å². The van der Waals surface area contributed by atoms with E-state index in [1.807, 2.05) is 0 Å². The molecule has 0 aromatic rings. The van der Waals surface area contributed by atoms with Gasteiger partial charge in [0.05, 0.1) is 4.58 Å². The number of aliphatic hydroxyl groups is 1. The Kier molecular flexibility index (Phi) is 14.3. The van der Waals surface area contributed by atoms with Crippen molar-refractivity contribution in [2.24, 2.45) is 0 Å². The van der Waals surface area contributed by atoms with Gasteiger partial charge in [-0.1, -0.05) is 26.7 Å². The second-order valence-electron chi connectivity index (χ2n) is 4.10. The average Bonchev–Trinajstić information content (AvgIpc) is 2.29. The summed E-state index contributed by atoms with van der Waals surface area (Å²) in [4.78, 5) is 0. The van der Waals surface area contributed by atoms with Crippen LogP contribution in [0, 0.1) is 0 Å². The van der Waals surface area contributed by atoms with Crippen LogP contribution < -0.4 is 0 Å². The van der Waals surface area contributed by atoms with Gasteiger partial charge in [-0.25, -0.2) is 0 Å². The van der Waals surface area contributed by atoms with Crippen LogP contribution in [0.4, 0.5) is 0 Å². The molecule has 0 rings (SSSR count). The molecule has 0 saturated carbocycles. The molecule has 98 valence electrons. The largest absolute Gasteiger partial charge is 0.396 e. The maximum Gasteiger partial charge on any atom is 0.0502 e. The molecular weight excluding hydrogens is 236 g/mol. The Morgan fingerprint density at radius 2 is 1.44 bits per heavy atom. The minimum atomic E-state index is 0.353. The first-order chi connectivity index (χ1) is 7.85. The lowest BCUT2D eigenvalue weighted by Gasteiger charge is -2.15. The molecule has 0 atom stereocenters. The molecule has 16 heavy (non-hydrogen) atoms. The molecule has 3 heteroatoms. The first-order valence-electron chi connectivity index (χ1n) is 6.69. The van der Waals surface area contributed by atoms with E-state index in [2.05, 4.69) is 37.4 Å². The molecular formula is C13H28OS2. The molecule has 0 saturated heterocycles. The molecule has 0 aliphatic carbocycles. The van der Waals surface area contributed by atoms with E-state index in [-0.39, 0.29) is 0 Å². The highest BCUT2D eigenvalue weighted by Gasteiger charge is 2.08. The Bertz CT molecular complexity index is 107. The van der Waals surface area contributed by atoms with Crippen molar-refractivity contribution in [3.05, 3.63) is 0 Å². The van der Waals surface area contributed by atoms with Crippen LogP contribution in [0.3, 0.4) is 0 Å². The number of hydrogen-bond acceptors (Lipinski definition) is 3. The molecule has 0 heterocycles. The predicted molar refractivity (Wildman–Crippen MR) is 79.5 cm³/mol. The number of unbranched alkanes of at least 4 members (excludes halogenated alkanes) is 3. The Labute approximate surface area is 110 Å². The average molecular weight is 264 g/mol. The highest BCUT2D eigenvalue weighted by Crippen LogP contribution is 2.29. The SMILES string of the molecule is CCCCSC(CCCCO)SCCCC. The summed E-state index contributed by atoms with van der Waals surface area (Å²) in [7, 11) is 0. The van der Waals surface area contributed by atoms with E-state index in [1.54, 1.807) is 0 Å². The summed E-state index contributed by atoms with van der Waals surface area (Å²) in [6.07, 6.45) is 8.71. The summed E-state index contributed by atoms with van der Waals surface area (Å²) in [6, 6.07) is 0. The molecule has 0 fully saturated rings. The summed E-state index contributed by atoms with van der Waals surface area (Å²) in [5.74, 6) is 2.61. The Morgan fingerprint density at radius 3 is 1.88 bits per heavy atom. The third kappa shape index (κ3) is 11.2. The molecule has 0 aliphatic heterocycles. The third-order valence-electron chi connectivity index (χ3n) is 2.45. The number of aliphatic hydroxyl groups excluding tert-OH is 1. The minimum absolute atomic E-state index is 0.353. The van der Waals surface area contributed by atoms with Gasteiger partial charge in [-0.3, -0.25) is 0 Å². The van der Waals surface area contributed by atoms with E-state index in [1.165, 1.54) is 50.0 Å². The molecule has 0 spiro atoms. The summed E-state index contributed by atoms with van der Waals surface area (Å²) >= 11 is 4.26. The van der Waals surface area contributed by atoms with Crippen molar-refractivity contribution in [3.8, 4) is 0 Å². The summed E-state index contributed by atoms with van der Waals surface area (Å²) in [5, 5.41) is 8.79. The zero-order valence-corrected chi connectivity index (χ0v) is 12.5. The first kappa shape index (κ1) is 16.7. The van der Waals surface area contributed by atoms with Crippen LogP contribution >= 0.6 is 23.5 Å². The Balaban J connectivity index is 3.58. The zero-order valence-electron chi connectivity index (χ0n) is 10.9. The fraction of sp³-hybridized carbons (Fsp3) is 1.00. The van der Waals surface area contributed by atoms with Crippen molar-refractivity contribution < 1.29 is 5.11 Å². The predicted octanol–water partition coefficient (Wildman–Crippen LogP) is 4.54. The molecule has 0 aliphatic rings. The van der Waals surface area contributed by atoms with Crippen LogP contribution in [0.2, 0.25) is 0 Å². The molecule has 0 unspecified atom stereocenters. The van der Waals surface area contributed by atoms with Crippen LogP contribution in [0.25, 0.3) is 0 Å². The number of thioether (sulfide) groups is 2. The van der Waals surface area contributed by atoms with Gasteiger partial charge in [-0.05, 0) is 43.6 Å². The van der Waals surface area contributed by atoms with Crippen molar-refractivity contribution in [3.63, 3.8) is 0 Å². The summed E-state index contributed by atoms with van der Waals surface area (Å²) < 4.78 is 0.768. The summed E-state index contributed by atoms with van der Waals surface area (Å²) in [5.41, 5.74) is 0. The van der Waals surface area contributed by atoms with E-state index in [4.69, 9.17) is 5.11 Å². The first-order valence-corrected chi connectivity index (χ1v) is 8.78. The third-order valence-corrected chi connectivity index (χ3v) is 5.53. The van der Waals surface area contributed by atoms with Gasteiger partial charge >= 0.3 is 0 Å². The highest BCUT2D eigenvalue weighted by molar-refractivity contribution is 8.17. The maximum absolute atomic E-state index is 8.79. The lowest BCUT2D eigenvalue weighted by atomic mass is 10.3. The van der Waals surface area contributed by atoms with Crippen LogP contribution in [0.5, 0.6) is 0 Å². The minimum Gasteiger partial charge on any atom is -0.396 e. The van der Waals surface area contributed by atoms with Gasteiger partial charge in [-0.2, -0.15) is 0 Å². The van der Waals surface area contributed by atoms with E-state index < -0.39 is 0 Å². The number of hydrogen-bond donors (Lipinski definition) is 1. The van der Waals surface area contributed by atoms with Gasteiger partial charge in [0.1, 0.15) is 0 Å². The van der Waals surface area contributed by atoms with Crippen LogP contribution in [0.15, 0.2) is 0 Å². The van der Waals surface area contributed by atoms with Crippen molar-refractivity contribution in [2.75, 3.05) is 18.1 Å². The van der Waals surface area contributed by atoms with Crippen LogP contribution in [-0.4, -0.2) is 27.8 Å². The van der Waals surface area contributed by atoms with E-state index in [0.717, 1.165) is 11.0 Å². The van der Waals surface area contributed by atoms with Gasteiger partial charge in [0.25, 0.3) is 0 Å². The normalized spacial score (nSPS) is 11.2. The van der Waals surface area contributed by atoms with E-state index in [9.17, 15) is 0 Å². The molecule has 1 nitrogen and oxygen atoms in total. The number of rotatable bonds is 12. The maximum atomic E-state index is 8.79. The van der Waals surface area contributed by atoms with Crippen molar-refractivity contribution in [2.45, 2.75) is 63.4 Å². The van der Waals surface area contributed by atoms with Crippen molar-refractivity contribution in [1.82, 2.24) is 0 Å². The quantitative estimate of drug-likeness (QED) is 0.413. The second-order valence-corrected chi connectivity index (χ2v) is 7.02. The lowest BCUT2D eigenvalue weighted by molar-refractivity contribution is 0.284. The Morgan fingerprint density at radius 1 is 0.875 bits per heavy atom. The van der Waals surface area contributed by atoms with Crippen molar-refractivity contribution in [1.29, 1.82) is 0 Å². The molecule has 0 aromatic heterocycles. The molecule has 1 N–H and O–H groups in total. The highest BCUT2D eigenvalue weighted by atomic mass is 32.2. The van der Waals surface area contributed by atoms with E-state index in [0.29, 0.717) is 6.61 Å². The standard InChI is InChI=1S/C13H28OS2/c1-3-5-11-15-13(9-7-8-10-14)16-12-6-4-2/h13-14H,3-12H2,1-2H3. The van der Waals surface area contributed by atoms with Gasteiger partial charge in [0.2, 0.25) is 0 Å². The van der Waals surface area contributed by atoms with Gasteiger partial charge in [-0.15, -0.1) is 23.5 Å². The second kappa shape index (κ2) is 13.7. The van der Waals surface area contributed by atoms with Gasteiger partial charge in [0, 0.05) is 6.61 Å². The van der Waals surface area contributed by atoms with Crippen LogP contribution in [-0.2, 0) is 0 Å². The topological polar surface area (TPSA) is 20.2 Å². The monoisotopic (exact) mass is 264 g/mol. The zero-order chi connectivity index (χ0) is 12.1. The summed E-state index contributed by atoms with van der Waals surface area (Å²) in [6.45, 7) is 4.86. The van der Waals surface area contributed by atoms with Gasteiger partial charge < -0.3 is 5.11 Å².